The van der Waals surface area contributed by atoms with Gasteiger partial charge in [-0.1, -0.05) is 19.0 Å². The van der Waals surface area contributed by atoms with E-state index in [1.54, 1.807) is 14.0 Å². The van der Waals surface area contributed by atoms with E-state index in [0.717, 1.165) is 18.9 Å². The molecule has 132 valence electrons. The second-order valence-electron chi connectivity index (χ2n) is 6.48. The van der Waals surface area contributed by atoms with Crippen LogP contribution in [0.3, 0.4) is 0 Å². The van der Waals surface area contributed by atoms with Crippen LogP contribution in [0.5, 0.6) is 0 Å². The lowest BCUT2D eigenvalue weighted by molar-refractivity contribution is -0.176. The first-order chi connectivity index (χ1) is 10.3. The van der Waals surface area contributed by atoms with Crippen LogP contribution in [0.4, 0.5) is 0 Å². The van der Waals surface area contributed by atoms with Crippen LogP contribution in [-0.2, 0) is 11.3 Å². The maximum atomic E-state index is 5.66. The molecule has 0 aromatic carbocycles. The highest BCUT2D eigenvalue weighted by atomic mass is 127. The molecule has 23 heavy (non-hydrogen) atoms. The minimum atomic E-state index is -0.104. The van der Waals surface area contributed by atoms with Crippen LogP contribution in [-0.4, -0.2) is 41.4 Å². The van der Waals surface area contributed by atoms with Crippen LogP contribution >= 0.6 is 24.0 Å². The van der Waals surface area contributed by atoms with Crippen LogP contribution < -0.4 is 10.6 Å². The van der Waals surface area contributed by atoms with Gasteiger partial charge in [0.25, 0.3) is 0 Å². The Morgan fingerprint density at radius 3 is 2.61 bits per heavy atom. The zero-order valence-electron chi connectivity index (χ0n) is 14.8. The Morgan fingerprint density at radius 1 is 1.43 bits per heavy atom. The van der Waals surface area contributed by atoms with Crippen molar-refractivity contribution in [1.29, 1.82) is 0 Å². The fourth-order valence-electron chi connectivity index (χ4n) is 2.76. The fraction of sp³-hybridized carbons (Fsp3) is 0.800. The summed E-state index contributed by atoms with van der Waals surface area (Å²) in [5.74, 6) is 1.91. The standard InChI is InChI=1S/C15H27N5O2.HI/c1-7-16-13(17-9-12-18-10(2)22-20-12)19-11-8-15(5,21-6)14(11,3)4;/h11H,7-9H2,1-6H3,(H2,16,17,19);1H. The zero-order valence-corrected chi connectivity index (χ0v) is 17.1. The van der Waals surface area contributed by atoms with Gasteiger partial charge in [0.2, 0.25) is 5.89 Å². The van der Waals surface area contributed by atoms with Gasteiger partial charge >= 0.3 is 0 Å². The van der Waals surface area contributed by atoms with Crippen molar-refractivity contribution in [3.8, 4) is 0 Å². The molecule has 2 atom stereocenters. The number of ether oxygens (including phenoxy) is 1. The summed E-state index contributed by atoms with van der Waals surface area (Å²) < 4.78 is 10.6. The van der Waals surface area contributed by atoms with Gasteiger partial charge in [-0.15, -0.1) is 24.0 Å². The molecule has 7 nitrogen and oxygen atoms in total. The molecule has 1 heterocycles. The zero-order chi connectivity index (χ0) is 16.4. The van der Waals surface area contributed by atoms with Crippen LogP contribution in [0.15, 0.2) is 9.52 Å². The van der Waals surface area contributed by atoms with Crippen molar-refractivity contribution in [2.24, 2.45) is 10.4 Å². The SMILES string of the molecule is CCNC(=NCc1noc(C)n1)NC1CC(C)(OC)C1(C)C.I. The largest absolute Gasteiger partial charge is 0.378 e. The van der Waals surface area contributed by atoms with Crippen molar-refractivity contribution in [1.82, 2.24) is 20.8 Å². The highest BCUT2D eigenvalue weighted by molar-refractivity contribution is 14.0. The van der Waals surface area contributed by atoms with Gasteiger partial charge in [0.1, 0.15) is 6.54 Å². The van der Waals surface area contributed by atoms with Crippen molar-refractivity contribution < 1.29 is 9.26 Å². The van der Waals surface area contributed by atoms with E-state index in [0.29, 0.717) is 24.3 Å². The average molecular weight is 437 g/mol. The van der Waals surface area contributed by atoms with E-state index < -0.39 is 0 Å². The molecule has 0 saturated heterocycles. The van der Waals surface area contributed by atoms with E-state index >= 15 is 0 Å². The number of guanidine groups is 1. The number of hydrogen-bond donors (Lipinski definition) is 2. The minimum Gasteiger partial charge on any atom is -0.378 e. The third-order valence-corrected chi connectivity index (χ3v) is 4.88. The number of hydrogen-bond acceptors (Lipinski definition) is 5. The molecule has 1 aliphatic carbocycles. The predicted molar refractivity (Wildman–Crippen MR) is 100 cm³/mol. The lowest BCUT2D eigenvalue weighted by Crippen LogP contribution is -2.69. The molecule has 0 spiro atoms. The molecule has 2 N–H and O–H groups in total. The van der Waals surface area contributed by atoms with Gasteiger partial charge in [-0.3, -0.25) is 0 Å². The van der Waals surface area contributed by atoms with E-state index in [1.807, 2.05) is 6.92 Å². The molecule has 1 aromatic rings. The molecule has 1 fully saturated rings. The van der Waals surface area contributed by atoms with Gasteiger partial charge in [-0.25, -0.2) is 4.99 Å². The number of aryl methyl sites for hydroxylation is 1. The summed E-state index contributed by atoms with van der Waals surface area (Å²) in [6, 6.07) is 0.308. The molecular weight excluding hydrogens is 409 g/mol. The van der Waals surface area contributed by atoms with E-state index in [1.165, 1.54) is 0 Å². The molecule has 2 unspecified atom stereocenters. The van der Waals surface area contributed by atoms with Gasteiger partial charge in [0, 0.05) is 32.0 Å². The number of nitrogens with zero attached hydrogens (tertiary/aromatic N) is 3. The van der Waals surface area contributed by atoms with Crippen molar-refractivity contribution in [3.05, 3.63) is 11.7 Å². The van der Waals surface area contributed by atoms with Gasteiger partial charge in [0.15, 0.2) is 11.8 Å². The van der Waals surface area contributed by atoms with E-state index in [9.17, 15) is 0 Å². The first-order valence-corrected chi connectivity index (χ1v) is 7.71. The number of halogens is 1. The number of nitrogens with one attached hydrogen (secondary N) is 2. The second-order valence-corrected chi connectivity index (χ2v) is 6.48. The molecular formula is C15H28IN5O2. The first-order valence-electron chi connectivity index (χ1n) is 7.71. The van der Waals surface area contributed by atoms with Crippen LogP contribution in [0.1, 0.15) is 45.8 Å². The molecule has 1 aromatic heterocycles. The molecule has 0 bridgehead atoms. The maximum Gasteiger partial charge on any atom is 0.223 e. The first kappa shape index (κ1) is 20.1. The Labute approximate surface area is 155 Å². The topological polar surface area (TPSA) is 84.6 Å². The Kier molecular flexibility index (Phi) is 6.81. The third kappa shape index (κ3) is 4.14. The van der Waals surface area contributed by atoms with Crippen LogP contribution in [0.25, 0.3) is 0 Å². The minimum absolute atomic E-state index is 0. The van der Waals surface area contributed by atoms with Crippen molar-refractivity contribution in [3.63, 3.8) is 0 Å². The van der Waals surface area contributed by atoms with Gasteiger partial charge in [0.05, 0.1) is 5.60 Å². The highest BCUT2D eigenvalue weighted by Crippen LogP contribution is 2.51. The summed E-state index contributed by atoms with van der Waals surface area (Å²) in [5.41, 5.74) is -0.0760. The third-order valence-electron chi connectivity index (χ3n) is 4.88. The van der Waals surface area contributed by atoms with E-state index in [2.05, 4.69) is 46.5 Å². The number of rotatable bonds is 5. The molecule has 8 heteroatoms. The highest BCUT2D eigenvalue weighted by Gasteiger charge is 2.58. The average Bonchev–Trinajstić information content (AvgIpc) is 2.89. The molecule has 1 saturated carbocycles. The second kappa shape index (κ2) is 7.78. The summed E-state index contributed by atoms with van der Waals surface area (Å²) in [6.45, 7) is 11.6. The van der Waals surface area contributed by atoms with Crippen LogP contribution in [0.2, 0.25) is 0 Å². The van der Waals surface area contributed by atoms with Gasteiger partial charge in [-0.05, 0) is 20.3 Å². The maximum absolute atomic E-state index is 5.66. The van der Waals surface area contributed by atoms with Gasteiger partial charge < -0.3 is 19.9 Å². The summed E-state index contributed by atoms with van der Waals surface area (Å²) >= 11 is 0. The van der Waals surface area contributed by atoms with Crippen molar-refractivity contribution in [2.75, 3.05) is 13.7 Å². The smallest absolute Gasteiger partial charge is 0.223 e. The molecule has 1 aliphatic rings. The summed E-state index contributed by atoms with van der Waals surface area (Å²) in [7, 11) is 1.77. The fourth-order valence-corrected chi connectivity index (χ4v) is 2.76. The quantitative estimate of drug-likeness (QED) is 0.418. The molecule has 0 aliphatic heterocycles. The van der Waals surface area contributed by atoms with Crippen LogP contribution in [0, 0.1) is 12.3 Å². The van der Waals surface area contributed by atoms with Crippen molar-refractivity contribution in [2.45, 2.75) is 59.2 Å². The number of aliphatic imine (C=N–C) groups is 1. The van der Waals surface area contributed by atoms with E-state index in [4.69, 9.17) is 9.26 Å². The normalized spacial score (nSPS) is 26.2. The monoisotopic (exact) mass is 437 g/mol. The number of aromatic nitrogens is 2. The summed E-state index contributed by atoms with van der Waals surface area (Å²) in [4.78, 5) is 8.69. The Hall–Kier alpha value is -0.900. The lowest BCUT2D eigenvalue weighted by Gasteiger charge is -2.59. The predicted octanol–water partition coefficient (Wildman–Crippen LogP) is 2.25. The van der Waals surface area contributed by atoms with Gasteiger partial charge in [-0.2, -0.15) is 4.98 Å². The number of methoxy groups -OCH3 is 1. The lowest BCUT2D eigenvalue weighted by atomic mass is 9.56. The Morgan fingerprint density at radius 2 is 2.13 bits per heavy atom. The Bertz CT molecular complexity index is 546. The molecule has 0 amide bonds. The summed E-state index contributed by atoms with van der Waals surface area (Å²) in [6.07, 6.45) is 0.947. The Balaban J connectivity index is 0.00000264. The van der Waals surface area contributed by atoms with E-state index in [-0.39, 0.29) is 35.0 Å². The summed E-state index contributed by atoms with van der Waals surface area (Å²) in [5, 5.41) is 10.6. The molecule has 0 radical (unpaired) electrons. The van der Waals surface area contributed by atoms with Crippen molar-refractivity contribution >= 4 is 29.9 Å². The molecule has 2 rings (SSSR count).